The second kappa shape index (κ2) is 5.34. The van der Waals surface area contributed by atoms with Crippen molar-refractivity contribution in [3.8, 4) is 5.88 Å². The van der Waals surface area contributed by atoms with Crippen molar-refractivity contribution in [1.29, 1.82) is 0 Å². The van der Waals surface area contributed by atoms with E-state index >= 15 is 0 Å². The molecule has 1 fully saturated rings. The Kier molecular flexibility index (Phi) is 3.83. The van der Waals surface area contributed by atoms with E-state index in [1.807, 2.05) is 0 Å². The maximum absolute atomic E-state index is 5.94. The molecule has 5 heteroatoms. The Morgan fingerprint density at radius 2 is 2.38 bits per heavy atom. The third kappa shape index (κ3) is 2.76. The molecule has 1 aromatic rings. The van der Waals surface area contributed by atoms with Crippen LogP contribution in [0.1, 0.15) is 25.7 Å². The van der Waals surface area contributed by atoms with E-state index in [4.69, 9.17) is 16.3 Å². The number of rotatable bonds is 5. The van der Waals surface area contributed by atoms with E-state index in [2.05, 4.69) is 15.3 Å². The van der Waals surface area contributed by atoms with Gasteiger partial charge >= 0.3 is 0 Å². The summed E-state index contributed by atoms with van der Waals surface area (Å²) >= 11 is 5.94. The lowest BCUT2D eigenvalue weighted by Gasteiger charge is -2.24. The molecule has 0 aromatic carbocycles. The summed E-state index contributed by atoms with van der Waals surface area (Å²) in [6, 6.07) is 0. The van der Waals surface area contributed by atoms with E-state index in [1.54, 1.807) is 13.2 Å². The first-order valence-corrected chi connectivity index (χ1v) is 6.00. The van der Waals surface area contributed by atoms with Crippen molar-refractivity contribution < 1.29 is 4.74 Å². The van der Waals surface area contributed by atoms with E-state index in [1.165, 1.54) is 19.3 Å². The Morgan fingerprint density at radius 1 is 1.56 bits per heavy atom. The maximum Gasteiger partial charge on any atom is 0.237 e. The predicted octanol–water partition coefficient (Wildman–Crippen LogP) is 2.74. The topological polar surface area (TPSA) is 47.0 Å². The molecule has 1 N–H and O–H groups in total. The Morgan fingerprint density at radius 3 is 3.00 bits per heavy atom. The largest absolute Gasteiger partial charge is 0.476 e. The van der Waals surface area contributed by atoms with Gasteiger partial charge in [0.15, 0.2) is 0 Å². The first-order chi connectivity index (χ1) is 7.79. The normalized spacial score (nSPS) is 15.6. The molecule has 2 rings (SSSR count). The van der Waals surface area contributed by atoms with Gasteiger partial charge in [-0.15, -0.1) is 0 Å². The number of nitrogens with one attached hydrogen (secondary N) is 1. The van der Waals surface area contributed by atoms with Gasteiger partial charge in [-0.25, -0.2) is 4.98 Å². The van der Waals surface area contributed by atoms with Crippen LogP contribution in [0.15, 0.2) is 6.20 Å². The van der Waals surface area contributed by atoms with Crippen molar-refractivity contribution in [3.63, 3.8) is 0 Å². The van der Waals surface area contributed by atoms with Gasteiger partial charge in [0.2, 0.25) is 11.8 Å². The molecule has 16 heavy (non-hydrogen) atoms. The molecule has 1 heterocycles. The van der Waals surface area contributed by atoms with Crippen molar-refractivity contribution in [2.45, 2.75) is 25.7 Å². The number of halogens is 1. The second-order valence-corrected chi connectivity index (χ2v) is 4.44. The molecule has 0 spiro atoms. The summed E-state index contributed by atoms with van der Waals surface area (Å²) in [6.45, 7) is 0.685. The van der Waals surface area contributed by atoms with Gasteiger partial charge in [-0.1, -0.05) is 30.9 Å². The standard InChI is InChI=1S/C11H16ClN3O/c1-13-11-14-7-9(12)10(15-11)16-6-5-8-3-2-4-8/h7-8H,2-6H2,1H3,(H,13,14,15). The Labute approximate surface area is 100 Å². The summed E-state index contributed by atoms with van der Waals surface area (Å²) < 4.78 is 5.56. The third-order valence-corrected chi connectivity index (χ3v) is 3.18. The minimum atomic E-state index is 0.465. The summed E-state index contributed by atoms with van der Waals surface area (Å²) in [5, 5.41) is 3.32. The molecular formula is C11H16ClN3O. The average molecular weight is 242 g/mol. The van der Waals surface area contributed by atoms with E-state index in [0.717, 1.165) is 12.3 Å². The molecule has 0 bridgehead atoms. The zero-order valence-corrected chi connectivity index (χ0v) is 10.1. The van der Waals surface area contributed by atoms with Crippen LogP contribution in [0.3, 0.4) is 0 Å². The first kappa shape index (κ1) is 11.5. The zero-order valence-electron chi connectivity index (χ0n) is 9.37. The molecule has 88 valence electrons. The van der Waals surface area contributed by atoms with E-state index < -0.39 is 0 Å². The fraction of sp³-hybridized carbons (Fsp3) is 0.636. The molecule has 0 unspecified atom stereocenters. The van der Waals surface area contributed by atoms with Crippen molar-refractivity contribution in [2.75, 3.05) is 19.0 Å². The molecule has 4 nitrogen and oxygen atoms in total. The van der Waals surface area contributed by atoms with Crippen LogP contribution >= 0.6 is 11.6 Å². The minimum absolute atomic E-state index is 0.465. The molecule has 0 saturated heterocycles. The van der Waals surface area contributed by atoms with Gasteiger partial charge in [-0.2, -0.15) is 4.98 Å². The van der Waals surface area contributed by atoms with Crippen LogP contribution in [0.25, 0.3) is 0 Å². The summed E-state index contributed by atoms with van der Waals surface area (Å²) in [5.41, 5.74) is 0. The fourth-order valence-electron chi connectivity index (χ4n) is 1.68. The van der Waals surface area contributed by atoms with Crippen molar-refractivity contribution in [1.82, 2.24) is 9.97 Å². The smallest absolute Gasteiger partial charge is 0.237 e. The molecule has 0 aliphatic heterocycles. The monoisotopic (exact) mass is 241 g/mol. The molecule has 0 amide bonds. The molecule has 1 aromatic heterocycles. The third-order valence-electron chi connectivity index (χ3n) is 2.93. The molecule has 1 aliphatic carbocycles. The van der Waals surface area contributed by atoms with Crippen LogP contribution < -0.4 is 10.1 Å². The SMILES string of the molecule is CNc1ncc(Cl)c(OCCC2CCC2)n1. The molecule has 1 aliphatic rings. The highest BCUT2D eigenvalue weighted by molar-refractivity contribution is 6.31. The van der Waals surface area contributed by atoms with Crippen molar-refractivity contribution >= 4 is 17.5 Å². The van der Waals surface area contributed by atoms with Crippen molar-refractivity contribution in [2.24, 2.45) is 5.92 Å². The number of hydrogen-bond acceptors (Lipinski definition) is 4. The maximum atomic E-state index is 5.94. The lowest BCUT2D eigenvalue weighted by molar-refractivity contribution is 0.217. The number of anilines is 1. The van der Waals surface area contributed by atoms with Crippen molar-refractivity contribution in [3.05, 3.63) is 11.2 Å². The highest BCUT2D eigenvalue weighted by Gasteiger charge is 2.17. The first-order valence-electron chi connectivity index (χ1n) is 5.62. The lowest BCUT2D eigenvalue weighted by Crippen LogP contribution is -2.15. The van der Waals surface area contributed by atoms with Gasteiger partial charge < -0.3 is 10.1 Å². The van der Waals surface area contributed by atoms with Crippen LogP contribution in [0.2, 0.25) is 5.02 Å². The van der Waals surface area contributed by atoms with Gasteiger partial charge in [0.05, 0.1) is 12.8 Å². The second-order valence-electron chi connectivity index (χ2n) is 4.03. The van der Waals surface area contributed by atoms with Crippen LogP contribution in [0.4, 0.5) is 5.95 Å². The number of ether oxygens (including phenoxy) is 1. The number of aromatic nitrogens is 2. The molecule has 0 radical (unpaired) electrons. The fourth-order valence-corrected chi connectivity index (χ4v) is 1.82. The number of hydrogen-bond donors (Lipinski definition) is 1. The summed E-state index contributed by atoms with van der Waals surface area (Å²) in [4.78, 5) is 8.15. The van der Waals surface area contributed by atoms with E-state index in [0.29, 0.717) is 23.5 Å². The van der Waals surface area contributed by atoms with Gasteiger partial charge in [-0.05, 0) is 12.3 Å². The summed E-state index contributed by atoms with van der Waals surface area (Å²) in [7, 11) is 1.77. The minimum Gasteiger partial charge on any atom is -0.476 e. The van der Waals surface area contributed by atoms with Gasteiger partial charge in [-0.3, -0.25) is 0 Å². The Hall–Kier alpha value is -1.03. The van der Waals surface area contributed by atoms with Crippen LogP contribution in [0, 0.1) is 5.92 Å². The summed E-state index contributed by atoms with van der Waals surface area (Å²) in [5.74, 6) is 1.84. The van der Waals surface area contributed by atoms with E-state index in [-0.39, 0.29) is 0 Å². The highest BCUT2D eigenvalue weighted by Crippen LogP contribution is 2.30. The van der Waals surface area contributed by atoms with Gasteiger partial charge in [0, 0.05) is 7.05 Å². The Bertz CT molecular complexity index is 355. The van der Waals surface area contributed by atoms with Crippen LogP contribution in [-0.2, 0) is 0 Å². The summed E-state index contributed by atoms with van der Waals surface area (Å²) in [6.07, 6.45) is 6.68. The highest BCUT2D eigenvalue weighted by atomic mass is 35.5. The zero-order chi connectivity index (χ0) is 11.4. The Balaban J connectivity index is 1.86. The number of nitrogens with zero attached hydrogens (tertiary/aromatic N) is 2. The lowest BCUT2D eigenvalue weighted by atomic mass is 9.83. The quantitative estimate of drug-likeness (QED) is 0.861. The molecular weight excluding hydrogens is 226 g/mol. The predicted molar refractivity (Wildman–Crippen MR) is 64.0 cm³/mol. The average Bonchev–Trinajstić information content (AvgIpc) is 2.24. The van der Waals surface area contributed by atoms with Gasteiger partial charge in [0.25, 0.3) is 0 Å². The van der Waals surface area contributed by atoms with Crippen LogP contribution in [0.5, 0.6) is 5.88 Å². The molecule has 1 saturated carbocycles. The molecule has 0 atom stereocenters. The van der Waals surface area contributed by atoms with Gasteiger partial charge in [0.1, 0.15) is 5.02 Å². The van der Waals surface area contributed by atoms with E-state index in [9.17, 15) is 0 Å². The van der Waals surface area contributed by atoms with Crippen LogP contribution in [-0.4, -0.2) is 23.6 Å².